The summed E-state index contributed by atoms with van der Waals surface area (Å²) in [6.07, 6.45) is 3.31. The van der Waals surface area contributed by atoms with Crippen LogP contribution in [0.1, 0.15) is 106 Å². The molecule has 0 aromatic heterocycles. The van der Waals surface area contributed by atoms with E-state index < -0.39 is 60.4 Å². The lowest BCUT2D eigenvalue weighted by molar-refractivity contribution is -0.335. The molecule has 0 amide bonds. The highest BCUT2D eigenvalue weighted by Gasteiger charge is 2.70. The van der Waals surface area contributed by atoms with Crippen LogP contribution in [0.2, 0.25) is 0 Å². The quantitative estimate of drug-likeness (QED) is 0.156. The van der Waals surface area contributed by atoms with Crippen molar-refractivity contribution >= 4 is 0 Å². The summed E-state index contributed by atoms with van der Waals surface area (Å²) in [6.45, 7) is 12.9. The van der Waals surface area contributed by atoms with Gasteiger partial charge >= 0.3 is 0 Å². The lowest BCUT2D eigenvalue weighted by Crippen LogP contribution is -2.69. The van der Waals surface area contributed by atoms with Crippen LogP contribution in [0.4, 0.5) is 0 Å². The third-order valence-electron chi connectivity index (χ3n) is 14.8. The summed E-state index contributed by atoms with van der Waals surface area (Å²) in [6, 6.07) is 0. The number of aliphatic hydroxyl groups is 7. The molecule has 1 heterocycles. The molecule has 5 aliphatic rings. The standard InChI is InChI=1S/C36H62O9/c1-21(2)8-7-13-36(20-39)17-16-34(5)22(30(36)43)9-10-25-32(3)14-12-26(33(4,19-38)24(32)11-15-35(25,34)6)45-31-29(42)28(41)27(40)23(18-37)44-31/h8,22-31,37-43H,7,9-20H2,1-6H3/t22-,23-,24-,25-,26+,27-,28+,29-,30-,31+,32+,33+,34-,35-,36+/m1/s1. The second-order valence-corrected chi connectivity index (χ2v) is 17.0. The summed E-state index contributed by atoms with van der Waals surface area (Å²) >= 11 is 0. The van der Waals surface area contributed by atoms with Crippen LogP contribution in [0.5, 0.6) is 0 Å². The Kier molecular flexibility index (Phi) is 10.1. The van der Waals surface area contributed by atoms with Crippen molar-refractivity contribution in [2.75, 3.05) is 19.8 Å². The molecular formula is C36H62O9. The summed E-state index contributed by atoms with van der Waals surface area (Å²) < 4.78 is 12.1. The van der Waals surface area contributed by atoms with Gasteiger partial charge in [0.25, 0.3) is 0 Å². The average molecular weight is 639 g/mol. The van der Waals surface area contributed by atoms with Crippen molar-refractivity contribution in [2.24, 2.45) is 44.8 Å². The summed E-state index contributed by atoms with van der Waals surface area (Å²) in [5.74, 6) is 0.663. The average Bonchev–Trinajstić information content (AvgIpc) is 3.00. The molecule has 9 nitrogen and oxygen atoms in total. The first kappa shape index (κ1) is 35.7. The van der Waals surface area contributed by atoms with Crippen molar-refractivity contribution in [3.05, 3.63) is 11.6 Å². The van der Waals surface area contributed by atoms with Gasteiger partial charge < -0.3 is 45.2 Å². The fourth-order valence-electron chi connectivity index (χ4n) is 11.8. The Morgan fingerprint density at radius 2 is 1.49 bits per heavy atom. The van der Waals surface area contributed by atoms with Gasteiger partial charge in [-0.05, 0) is 112 Å². The van der Waals surface area contributed by atoms with Crippen molar-refractivity contribution in [1.29, 1.82) is 0 Å². The smallest absolute Gasteiger partial charge is 0.186 e. The van der Waals surface area contributed by atoms with E-state index in [0.29, 0.717) is 12.3 Å². The Balaban J connectivity index is 1.38. The molecule has 7 N–H and O–H groups in total. The fraction of sp³-hybridized carbons (Fsp3) is 0.944. The molecule has 260 valence electrons. The lowest BCUT2D eigenvalue weighted by atomic mass is 9.33. The van der Waals surface area contributed by atoms with Crippen molar-refractivity contribution < 1.29 is 45.2 Å². The highest BCUT2D eigenvalue weighted by atomic mass is 16.7. The van der Waals surface area contributed by atoms with E-state index in [1.807, 2.05) is 0 Å². The van der Waals surface area contributed by atoms with Gasteiger partial charge in [0.05, 0.1) is 32.0 Å². The minimum Gasteiger partial charge on any atom is -0.396 e. The van der Waals surface area contributed by atoms with Gasteiger partial charge in [-0.15, -0.1) is 0 Å². The van der Waals surface area contributed by atoms with Crippen molar-refractivity contribution in [1.82, 2.24) is 0 Å². The summed E-state index contributed by atoms with van der Waals surface area (Å²) in [5, 5.41) is 74.7. The number of allylic oxidation sites excluding steroid dienone is 2. The highest BCUT2D eigenvalue weighted by molar-refractivity contribution is 5.19. The number of rotatable bonds is 8. The SMILES string of the molecule is CC(C)=CCC[C@@]1(CO)CC[C@]2(C)[C@H](CC[C@@H]3[C@@]4(C)CC[C@H](O[C@@H]5O[C@H](CO)[C@@H](O)[C@H](O)[C@H]5O)[C@@](C)(CO)[C@@H]4CC[C@]32C)[C@H]1O. The van der Waals surface area contributed by atoms with Crippen LogP contribution < -0.4 is 0 Å². The predicted octanol–water partition coefficient (Wildman–Crippen LogP) is 3.30. The van der Waals surface area contributed by atoms with Crippen LogP contribution in [-0.4, -0.2) is 98.5 Å². The number of ether oxygens (including phenoxy) is 2. The molecule has 1 aliphatic heterocycles. The molecule has 5 fully saturated rings. The van der Waals surface area contributed by atoms with Crippen LogP contribution >= 0.6 is 0 Å². The molecule has 4 saturated carbocycles. The molecule has 1 saturated heterocycles. The maximum Gasteiger partial charge on any atom is 0.186 e. The van der Waals surface area contributed by atoms with Crippen LogP contribution in [0.15, 0.2) is 11.6 Å². The van der Waals surface area contributed by atoms with E-state index in [4.69, 9.17) is 9.47 Å². The van der Waals surface area contributed by atoms with Crippen LogP contribution in [0.3, 0.4) is 0 Å². The van der Waals surface area contributed by atoms with Gasteiger partial charge in [-0.3, -0.25) is 0 Å². The zero-order valence-corrected chi connectivity index (χ0v) is 28.5. The molecule has 0 aromatic carbocycles. The Morgan fingerprint density at radius 1 is 0.778 bits per heavy atom. The molecule has 4 aliphatic carbocycles. The molecule has 9 heteroatoms. The summed E-state index contributed by atoms with van der Waals surface area (Å²) in [5.41, 5.74) is 0.0134. The molecule has 15 atom stereocenters. The van der Waals surface area contributed by atoms with Gasteiger partial charge in [-0.2, -0.15) is 0 Å². The zero-order valence-electron chi connectivity index (χ0n) is 28.5. The largest absolute Gasteiger partial charge is 0.396 e. The van der Waals surface area contributed by atoms with Gasteiger partial charge in [0, 0.05) is 10.8 Å². The maximum absolute atomic E-state index is 12.0. The van der Waals surface area contributed by atoms with E-state index in [9.17, 15) is 35.7 Å². The molecule has 0 aromatic rings. The normalized spacial score (nSPS) is 53.2. The lowest BCUT2D eigenvalue weighted by Gasteiger charge is -2.72. The van der Waals surface area contributed by atoms with Gasteiger partial charge in [0.1, 0.15) is 24.4 Å². The number of hydrogen-bond acceptors (Lipinski definition) is 9. The highest BCUT2D eigenvalue weighted by Crippen LogP contribution is 2.75. The van der Waals surface area contributed by atoms with E-state index in [1.165, 1.54) is 5.57 Å². The van der Waals surface area contributed by atoms with Crippen molar-refractivity contribution in [3.63, 3.8) is 0 Å². The summed E-state index contributed by atoms with van der Waals surface area (Å²) in [7, 11) is 0. The first-order valence-corrected chi connectivity index (χ1v) is 17.6. The zero-order chi connectivity index (χ0) is 33.2. The number of hydrogen-bond donors (Lipinski definition) is 7. The van der Waals surface area contributed by atoms with Gasteiger partial charge in [-0.1, -0.05) is 39.3 Å². The Morgan fingerprint density at radius 3 is 2.11 bits per heavy atom. The van der Waals surface area contributed by atoms with E-state index in [1.54, 1.807) is 0 Å². The van der Waals surface area contributed by atoms with Gasteiger partial charge in [0.15, 0.2) is 6.29 Å². The molecule has 0 spiro atoms. The second-order valence-electron chi connectivity index (χ2n) is 17.0. The number of fused-ring (bicyclic) bond motifs is 5. The molecular weight excluding hydrogens is 576 g/mol. The third-order valence-corrected chi connectivity index (χ3v) is 14.8. The van der Waals surface area contributed by atoms with Crippen LogP contribution in [0.25, 0.3) is 0 Å². The Labute approximate surface area is 270 Å². The van der Waals surface area contributed by atoms with E-state index in [2.05, 4.69) is 47.6 Å². The molecule has 0 bridgehead atoms. The second kappa shape index (κ2) is 12.7. The molecule has 0 unspecified atom stereocenters. The van der Waals surface area contributed by atoms with Gasteiger partial charge in [-0.25, -0.2) is 0 Å². The molecule has 0 radical (unpaired) electrons. The predicted molar refractivity (Wildman–Crippen MR) is 170 cm³/mol. The monoisotopic (exact) mass is 638 g/mol. The Bertz CT molecular complexity index is 1080. The van der Waals surface area contributed by atoms with Gasteiger partial charge in [0.2, 0.25) is 0 Å². The van der Waals surface area contributed by atoms with Crippen molar-refractivity contribution in [2.45, 2.75) is 149 Å². The molecule has 5 rings (SSSR count). The van der Waals surface area contributed by atoms with Crippen LogP contribution in [-0.2, 0) is 9.47 Å². The number of aliphatic hydroxyl groups excluding tert-OH is 7. The minimum absolute atomic E-state index is 0.00893. The minimum atomic E-state index is -1.51. The Hall–Kier alpha value is -0.620. The molecule has 45 heavy (non-hydrogen) atoms. The van der Waals surface area contributed by atoms with E-state index >= 15 is 0 Å². The van der Waals surface area contributed by atoms with E-state index in [-0.39, 0.29) is 41.3 Å². The summed E-state index contributed by atoms with van der Waals surface area (Å²) in [4.78, 5) is 0. The maximum atomic E-state index is 12.0. The van der Waals surface area contributed by atoms with E-state index in [0.717, 1.165) is 57.8 Å². The first-order chi connectivity index (χ1) is 21.1. The van der Waals surface area contributed by atoms with Crippen LogP contribution in [0, 0.1) is 44.8 Å². The topological polar surface area (TPSA) is 160 Å². The third kappa shape index (κ3) is 5.39. The van der Waals surface area contributed by atoms with Crippen molar-refractivity contribution in [3.8, 4) is 0 Å². The fourth-order valence-corrected chi connectivity index (χ4v) is 11.8. The first-order valence-electron chi connectivity index (χ1n) is 17.6.